The van der Waals surface area contributed by atoms with Crippen LogP contribution in [0.2, 0.25) is 0 Å². The van der Waals surface area contributed by atoms with Gasteiger partial charge in [0, 0.05) is 31.8 Å². The molecule has 0 spiro atoms. The number of anilines is 1. The van der Waals surface area contributed by atoms with E-state index in [1.807, 2.05) is 31.2 Å². The number of halogens is 1. The molecule has 0 saturated heterocycles. The van der Waals surface area contributed by atoms with E-state index in [2.05, 4.69) is 21.2 Å². The zero-order valence-corrected chi connectivity index (χ0v) is 17.5. The summed E-state index contributed by atoms with van der Waals surface area (Å²) < 4.78 is 6.36. The van der Waals surface area contributed by atoms with Gasteiger partial charge in [0.15, 0.2) is 0 Å². The smallest absolute Gasteiger partial charge is 0.255 e. The van der Waals surface area contributed by atoms with E-state index in [0.29, 0.717) is 30.7 Å². The summed E-state index contributed by atoms with van der Waals surface area (Å²) in [5.74, 6) is 0.641. The van der Waals surface area contributed by atoms with Crippen LogP contribution in [0, 0.1) is 0 Å². The van der Waals surface area contributed by atoms with E-state index < -0.39 is 0 Å². The highest BCUT2D eigenvalue weighted by Crippen LogP contribution is 2.26. The standard InChI is InChI=1S/C21H25BrN2O3/c1-4-13-27-19-11-8-16(14-18(19)22)21(26)23-17-9-5-15(6-10-17)7-12-20(25)24(2)3/h5-6,8-11,14H,4,7,12-13H2,1-3H3,(H,23,26). The summed E-state index contributed by atoms with van der Waals surface area (Å²) in [4.78, 5) is 25.7. The highest BCUT2D eigenvalue weighted by Gasteiger charge is 2.10. The minimum Gasteiger partial charge on any atom is -0.492 e. The van der Waals surface area contributed by atoms with Gasteiger partial charge in [-0.1, -0.05) is 19.1 Å². The van der Waals surface area contributed by atoms with E-state index in [1.54, 1.807) is 37.2 Å². The molecule has 0 aliphatic carbocycles. The molecule has 144 valence electrons. The Morgan fingerprint density at radius 3 is 2.41 bits per heavy atom. The van der Waals surface area contributed by atoms with Crippen molar-refractivity contribution in [3.63, 3.8) is 0 Å². The summed E-state index contributed by atoms with van der Waals surface area (Å²) in [5.41, 5.74) is 2.32. The highest BCUT2D eigenvalue weighted by atomic mass is 79.9. The van der Waals surface area contributed by atoms with E-state index >= 15 is 0 Å². The number of amides is 2. The van der Waals surface area contributed by atoms with E-state index in [0.717, 1.165) is 22.2 Å². The second kappa shape index (κ2) is 10.1. The molecule has 0 aromatic heterocycles. The van der Waals surface area contributed by atoms with Crippen molar-refractivity contribution < 1.29 is 14.3 Å². The summed E-state index contributed by atoms with van der Waals surface area (Å²) in [6, 6.07) is 12.8. The quantitative estimate of drug-likeness (QED) is 0.667. The van der Waals surface area contributed by atoms with E-state index in [-0.39, 0.29) is 11.8 Å². The molecule has 27 heavy (non-hydrogen) atoms. The lowest BCUT2D eigenvalue weighted by molar-refractivity contribution is -0.128. The molecule has 2 aromatic rings. The van der Waals surface area contributed by atoms with Crippen LogP contribution in [0.3, 0.4) is 0 Å². The van der Waals surface area contributed by atoms with Crippen molar-refractivity contribution in [2.45, 2.75) is 26.2 Å². The Hall–Kier alpha value is -2.34. The number of carbonyl (C=O) groups is 2. The molecule has 0 atom stereocenters. The van der Waals surface area contributed by atoms with Crippen LogP contribution < -0.4 is 10.1 Å². The van der Waals surface area contributed by atoms with Gasteiger partial charge in [-0.25, -0.2) is 0 Å². The van der Waals surface area contributed by atoms with Gasteiger partial charge in [0.05, 0.1) is 11.1 Å². The molecule has 2 amide bonds. The van der Waals surface area contributed by atoms with Crippen LogP contribution in [0.15, 0.2) is 46.9 Å². The van der Waals surface area contributed by atoms with Gasteiger partial charge in [-0.2, -0.15) is 0 Å². The lowest BCUT2D eigenvalue weighted by Gasteiger charge is -2.11. The average molecular weight is 433 g/mol. The van der Waals surface area contributed by atoms with Gasteiger partial charge in [0.1, 0.15) is 5.75 Å². The topological polar surface area (TPSA) is 58.6 Å². The first kappa shape index (κ1) is 21.0. The molecule has 1 N–H and O–H groups in total. The zero-order chi connectivity index (χ0) is 19.8. The molecule has 0 bridgehead atoms. The fourth-order valence-corrected chi connectivity index (χ4v) is 2.90. The number of aryl methyl sites for hydroxylation is 1. The second-order valence-corrected chi connectivity index (χ2v) is 7.29. The van der Waals surface area contributed by atoms with Gasteiger partial charge in [0.2, 0.25) is 5.91 Å². The minimum absolute atomic E-state index is 0.101. The summed E-state index contributed by atoms with van der Waals surface area (Å²) in [6.07, 6.45) is 2.07. The number of hydrogen-bond donors (Lipinski definition) is 1. The molecule has 0 unspecified atom stereocenters. The van der Waals surface area contributed by atoms with E-state index in [1.165, 1.54) is 0 Å². The first-order valence-corrected chi connectivity index (χ1v) is 9.72. The zero-order valence-electron chi connectivity index (χ0n) is 15.9. The third kappa shape index (κ3) is 6.40. The summed E-state index contributed by atoms with van der Waals surface area (Å²) in [6.45, 7) is 2.68. The van der Waals surface area contributed by atoms with Crippen molar-refractivity contribution in [3.05, 3.63) is 58.1 Å². The summed E-state index contributed by atoms with van der Waals surface area (Å²) in [7, 11) is 3.50. The van der Waals surface area contributed by atoms with Crippen molar-refractivity contribution in [2.75, 3.05) is 26.0 Å². The summed E-state index contributed by atoms with van der Waals surface area (Å²) >= 11 is 3.44. The van der Waals surface area contributed by atoms with Crippen molar-refractivity contribution in [3.8, 4) is 5.75 Å². The number of hydrogen-bond acceptors (Lipinski definition) is 3. The molecule has 2 aromatic carbocycles. The molecule has 6 heteroatoms. The van der Waals surface area contributed by atoms with Crippen molar-refractivity contribution in [1.29, 1.82) is 0 Å². The Bertz CT molecular complexity index is 789. The molecule has 0 fully saturated rings. The van der Waals surface area contributed by atoms with Crippen molar-refractivity contribution >= 4 is 33.4 Å². The number of ether oxygens (including phenoxy) is 1. The van der Waals surface area contributed by atoms with Crippen LogP contribution >= 0.6 is 15.9 Å². The molecule has 0 heterocycles. The van der Waals surface area contributed by atoms with Gasteiger partial charge in [-0.05, 0) is 64.7 Å². The largest absolute Gasteiger partial charge is 0.492 e. The maximum atomic E-state index is 12.4. The van der Waals surface area contributed by atoms with Gasteiger partial charge < -0.3 is 15.0 Å². The molecule has 0 radical (unpaired) electrons. The third-order valence-corrected chi connectivity index (χ3v) is 4.61. The SMILES string of the molecule is CCCOc1ccc(C(=O)Nc2ccc(CCC(=O)N(C)C)cc2)cc1Br. The van der Waals surface area contributed by atoms with Gasteiger partial charge in [0.25, 0.3) is 5.91 Å². The Labute approximate surface area is 168 Å². The van der Waals surface area contributed by atoms with Crippen LogP contribution in [0.1, 0.15) is 35.7 Å². The predicted molar refractivity (Wildman–Crippen MR) is 111 cm³/mol. The number of carbonyl (C=O) groups excluding carboxylic acids is 2. The van der Waals surface area contributed by atoms with Crippen molar-refractivity contribution in [2.24, 2.45) is 0 Å². The monoisotopic (exact) mass is 432 g/mol. The van der Waals surface area contributed by atoms with Crippen LogP contribution in [-0.4, -0.2) is 37.4 Å². The van der Waals surface area contributed by atoms with Gasteiger partial charge in [-0.3, -0.25) is 9.59 Å². The predicted octanol–water partition coefficient (Wildman–Crippen LogP) is 4.51. The number of nitrogens with one attached hydrogen (secondary N) is 1. The minimum atomic E-state index is -0.187. The fraction of sp³-hybridized carbons (Fsp3) is 0.333. The number of nitrogens with zero attached hydrogens (tertiary/aromatic N) is 1. The van der Waals surface area contributed by atoms with E-state index in [4.69, 9.17) is 4.74 Å². The number of benzene rings is 2. The lowest BCUT2D eigenvalue weighted by Crippen LogP contribution is -2.21. The van der Waals surface area contributed by atoms with Crippen LogP contribution in [0.4, 0.5) is 5.69 Å². The van der Waals surface area contributed by atoms with Crippen LogP contribution in [0.5, 0.6) is 5.75 Å². The summed E-state index contributed by atoms with van der Waals surface area (Å²) in [5, 5.41) is 2.88. The lowest BCUT2D eigenvalue weighted by atomic mass is 10.1. The first-order chi connectivity index (χ1) is 12.9. The third-order valence-electron chi connectivity index (χ3n) is 3.99. The van der Waals surface area contributed by atoms with Gasteiger partial charge >= 0.3 is 0 Å². The fourth-order valence-electron chi connectivity index (χ4n) is 2.40. The second-order valence-electron chi connectivity index (χ2n) is 6.43. The molecule has 0 aliphatic heterocycles. The van der Waals surface area contributed by atoms with Gasteiger partial charge in [-0.15, -0.1) is 0 Å². The molecule has 5 nitrogen and oxygen atoms in total. The number of rotatable bonds is 8. The maximum Gasteiger partial charge on any atom is 0.255 e. The molecule has 0 saturated carbocycles. The molecular weight excluding hydrogens is 408 g/mol. The first-order valence-electron chi connectivity index (χ1n) is 8.93. The maximum absolute atomic E-state index is 12.4. The van der Waals surface area contributed by atoms with Crippen LogP contribution in [0.25, 0.3) is 0 Å². The Morgan fingerprint density at radius 2 is 1.81 bits per heavy atom. The Balaban J connectivity index is 1.95. The Kier molecular flexibility index (Phi) is 7.85. The molecule has 0 aliphatic rings. The molecular formula is C21H25BrN2O3. The molecule has 2 rings (SSSR count). The average Bonchev–Trinajstić information content (AvgIpc) is 2.66. The Morgan fingerprint density at radius 1 is 1.11 bits per heavy atom. The van der Waals surface area contributed by atoms with E-state index in [9.17, 15) is 9.59 Å². The van der Waals surface area contributed by atoms with Crippen LogP contribution in [-0.2, 0) is 11.2 Å². The highest BCUT2D eigenvalue weighted by molar-refractivity contribution is 9.10. The van der Waals surface area contributed by atoms with Crippen molar-refractivity contribution in [1.82, 2.24) is 4.90 Å². The normalized spacial score (nSPS) is 10.4.